The molecule has 1 fully saturated rings. The molecule has 4 nitrogen and oxygen atoms in total. The Morgan fingerprint density at radius 1 is 1.62 bits per heavy atom. The van der Waals surface area contributed by atoms with E-state index in [1.165, 1.54) is 11.5 Å². The number of halogens is 1. The summed E-state index contributed by atoms with van der Waals surface area (Å²) in [5.41, 5.74) is 0. The smallest absolute Gasteiger partial charge is 0.205 e. The van der Waals surface area contributed by atoms with Crippen LogP contribution in [0.1, 0.15) is 25.6 Å². The van der Waals surface area contributed by atoms with Crippen LogP contribution in [0.5, 0.6) is 0 Å². The first kappa shape index (κ1) is 12.1. The summed E-state index contributed by atoms with van der Waals surface area (Å²) in [7, 11) is 0. The van der Waals surface area contributed by atoms with Crippen LogP contribution in [0.3, 0.4) is 0 Å². The van der Waals surface area contributed by atoms with Gasteiger partial charge in [-0.1, -0.05) is 13.8 Å². The Morgan fingerprint density at radius 3 is 3.06 bits per heavy atom. The first-order valence-electron chi connectivity index (χ1n) is 5.46. The largest absolute Gasteiger partial charge is 0.377 e. The molecule has 1 aliphatic heterocycles. The molecule has 2 heterocycles. The lowest BCUT2D eigenvalue weighted by Crippen LogP contribution is -2.46. The highest BCUT2D eigenvalue weighted by Crippen LogP contribution is 2.24. The molecular formula is C10H16ClN3OS. The van der Waals surface area contributed by atoms with Gasteiger partial charge in [-0.15, -0.1) is 11.6 Å². The molecule has 90 valence electrons. The van der Waals surface area contributed by atoms with Crippen LogP contribution in [-0.2, 0) is 4.74 Å². The Labute approximate surface area is 105 Å². The van der Waals surface area contributed by atoms with E-state index in [1.807, 2.05) is 0 Å². The summed E-state index contributed by atoms with van der Waals surface area (Å²) < 4.78 is 9.77. The third kappa shape index (κ3) is 2.47. The van der Waals surface area contributed by atoms with Crippen molar-refractivity contribution in [2.24, 2.45) is 0 Å². The standard InChI is InChI=1S/C10H16ClN3OS/c1-7(2)9-12-10(16-13-9)14-3-4-15-6-8(14)5-11/h7-8H,3-6H2,1-2H3. The maximum atomic E-state index is 5.93. The molecule has 0 radical (unpaired) electrons. The van der Waals surface area contributed by atoms with Crippen molar-refractivity contribution in [2.45, 2.75) is 25.8 Å². The zero-order chi connectivity index (χ0) is 11.5. The highest BCUT2D eigenvalue weighted by molar-refractivity contribution is 7.09. The Hall–Kier alpha value is -0.390. The second-order valence-electron chi connectivity index (χ2n) is 4.17. The lowest BCUT2D eigenvalue weighted by molar-refractivity contribution is 0.0997. The maximum Gasteiger partial charge on any atom is 0.205 e. The zero-order valence-electron chi connectivity index (χ0n) is 9.52. The molecule has 1 aromatic rings. The maximum absolute atomic E-state index is 5.93. The molecule has 0 aliphatic carbocycles. The summed E-state index contributed by atoms with van der Waals surface area (Å²) in [6.07, 6.45) is 0. The van der Waals surface area contributed by atoms with Gasteiger partial charge in [0.15, 0.2) is 0 Å². The van der Waals surface area contributed by atoms with E-state index in [2.05, 4.69) is 28.1 Å². The third-order valence-corrected chi connectivity index (χ3v) is 3.72. The predicted octanol–water partition coefficient (Wildman–Crippen LogP) is 2.11. The van der Waals surface area contributed by atoms with Crippen LogP contribution in [0.4, 0.5) is 5.13 Å². The highest BCUT2D eigenvalue weighted by atomic mass is 35.5. The van der Waals surface area contributed by atoms with Crippen molar-refractivity contribution in [3.63, 3.8) is 0 Å². The second kappa shape index (κ2) is 5.29. The van der Waals surface area contributed by atoms with Gasteiger partial charge in [0.05, 0.1) is 19.3 Å². The van der Waals surface area contributed by atoms with Crippen LogP contribution in [0, 0.1) is 0 Å². The molecule has 2 rings (SSSR count). The van der Waals surface area contributed by atoms with Crippen molar-refractivity contribution in [3.8, 4) is 0 Å². The van der Waals surface area contributed by atoms with Gasteiger partial charge in [-0.25, -0.2) is 4.98 Å². The second-order valence-corrected chi connectivity index (χ2v) is 5.21. The zero-order valence-corrected chi connectivity index (χ0v) is 11.1. The van der Waals surface area contributed by atoms with Gasteiger partial charge < -0.3 is 9.64 Å². The number of aromatic nitrogens is 2. The SMILES string of the molecule is CC(C)c1nsc(N2CCOCC2CCl)n1. The molecule has 1 aromatic heterocycles. The number of alkyl halides is 1. The topological polar surface area (TPSA) is 38.2 Å². The molecule has 0 bridgehead atoms. The quantitative estimate of drug-likeness (QED) is 0.781. The molecule has 0 saturated carbocycles. The Kier molecular flexibility index (Phi) is 4.00. The predicted molar refractivity (Wildman–Crippen MR) is 66.7 cm³/mol. The number of anilines is 1. The molecule has 0 N–H and O–H groups in total. The molecule has 0 spiro atoms. The average molecular weight is 262 g/mol. The van der Waals surface area contributed by atoms with Crippen LogP contribution >= 0.6 is 23.1 Å². The van der Waals surface area contributed by atoms with Crippen LogP contribution in [0.2, 0.25) is 0 Å². The number of hydrogen-bond donors (Lipinski definition) is 0. The lowest BCUT2D eigenvalue weighted by atomic mass is 10.2. The van der Waals surface area contributed by atoms with Gasteiger partial charge in [0, 0.05) is 29.9 Å². The van der Waals surface area contributed by atoms with E-state index in [9.17, 15) is 0 Å². The summed E-state index contributed by atoms with van der Waals surface area (Å²) in [6.45, 7) is 6.47. The van der Waals surface area contributed by atoms with Crippen molar-refractivity contribution in [1.29, 1.82) is 0 Å². The molecule has 0 aromatic carbocycles. The first-order chi connectivity index (χ1) is 7.72. The molecule has 1 saturated heterocycles. The summed E-state index contributed by atoms with van der Waals surface area (Å²) in [4.78, 5) is 6.76. The molecule has 16 heavy (non-hydrogen) atoms. The minimum Gasteiger partial charge on any atom is -0.377 e. The lowest BCUT2D eigenvalue weighted by Gasteiger charge is -2.33. The summed E-state index contributed by atoms with van der Waals surface area (Å²) in [6, 6.07) is 0.225. The van der Waals surface area contributed by atoms with Crippen molar-refractivity contribution >= 4 is 28.3 Å². The van der Waals surface area contributed by atoms with E-state index in [0.717, 1.165) is 24.1 Å². The summed E-state index contributed by atoms with van der Waals surface area (Å²) in [5.74, 6) is 1.86. The van der Waals surface area contributed by atoms with E-state index < -0.39 is 0 Å². The van der Waals surface area contributed by atoms with Crippen LogP contribution in [0.25, 0.3) is 0 Å². The van der Waals surface area contributed by atoms with E-state index in [-0.39, 0.29) is 6.04 Å². The van der Waals surface area contributed by atoms with Gasteiger partial charge in [-0.3, -0.25) is 0 Å². The van der Waals surface area contributed by atoms with Crippen molar-refractivity contribution in [3.05, 3.63) is 5.82 Å². The van der Waals surface area contributed by atoms with Gasteiger partial charge in [-0.2, -0.15) is 4.37 Å². The monoisotopic (exact) mass is 261 g/mol. The van der Waals surface area contributed by atoms with Gasteiger partial charge in [0.2, 0.25) is 5.13 Å². The minimum absolute atomic E-state index is 0.225. The van der Waals surface area contributed by atoms with Crippen LogP contribution in [-0.4, -0.2) is 41.0 Å². The minimum atomic E-state index is 0.225. The third-order valence-electron chi connectivity index (χ3n) is 2.60. The van der Waals surface area contributed by atoms with E-state index in [0.29, 0.717) is 18.4 Å². The Morgan fingerprint density at radius 2 is 2.44 bits per heavy atom. The average Bonchev–Trinajstić information content (AvgIpc) is 2.78. The highest BCUT2D eigenvalue weighted by Gasteiger charge is 2.25. The van der Waals surface area contributed by atoms with Crippen LogP contribution in [0.15, 0.2) is 0 Å². The van der Waals surface area contributed by atoms with E-state index in [1.54, 1.807) is 0 Å². The normalized spacial score (nSPS) is 21.8. The van der Waals surface area contributed by atoms with Gasteiger partial charge in [-0.05, 0) is 0 Å². The Bertz CT molecular complexity index is 345. The van der Waals surface area contributed by atoms with Gasteiger partial charge in [0.25, 0.3) is 0 Å². The van der Waals surface area contributed by atoms with Gasteiger partial charge in [0.1, 0.15) is 5.82 Å². The molecular weight excluding hydrogens is 246 g/mol. The number of rotatable bonds is 3. The Balaban J connectivity index is 2.14. The van der Waals surface area contributed by atoms with E-state index in [4.69, 9.17) is 16.3 Å². The summed E-state index contributed by atoms with van der Waals surface area (Å²) >= 11 is 7.38. The first-order valence-corrected chi connectivity index (χ1v) is 6.77. The van der Waals surface area contributed by atoms with Crippen molar-refractivity contribution in [1.82, 2.24) is 9.36 Å². The fourth-order valence-electron chi connectivity index (χ4n) is 1.61. The number of nitrogens with zero attached hydrogens (tertiary/aromatic N) is 3. The van der Waals surface area contributed by atoms with Crippen molar-refractivity contribution in [2.75, 3.05) is 30.5 Å². The van der Waals surface area contributed by atoms with E-state index >= 15 is 0 Å². The van der Waals surface area contributed by atoms with Crippen molar-refractivity contribution < 1.29 is 4.74 Å². The number of morpholine rings is 1. The number of ether oxygens (including phenoxy) is 1. The fraction of sp³-hybridized carbons (Fsp3) is 0.800. The molecule has 1 aliphatic rings. The molecule has 1 atom stereocenters. The molecule has 1 unspecified atom stereocenters. The molecule has 0 amide bonds. The number of hydrogen-bond acceptors (Lipinski definition) is 5. The summed E-state index contributed by atoms with van der Waals surface area (Å²) in [5, 5.41) is 0.970. The molecule has 6 heteroatoms. The fourth-order valence-corrected chi connectivity index (χ4v) is 2.77. The van der Waals surface area contributed by atoms with Gasteiger partial charge >= 0.3 is 0 Å². The van der Waals surface area contributed by atoms with Crippen LogP contribution < -0.4 is 4.90 Å².